The van der Waals surface area contributed by atoms with Crippen molar-refractivity contribution < 1.29 is 24.5 Å². The topological polar surface area (TPSA) is 89.8 Å². The number of phenols is 1. The van der Waals surface area contributed by atoms with E-state index in [1.165, 1.54) is 12.1 Å². The molecule has 0 aliphatic carbocycles. The SMILES string of the molecule is CC(=O)O.CC(C)(C)NC[C@H](O)c1ccc(F)cc1O. The number of phenolic OH excluding ortho intramolecular Hbond substituents is 1. The number of aliphatic hydroxyl groups is 1. The molecule has 0 aliphatic rings. The van der Waals surface area contributed by atoms with E-state index in [1.807, 2.05) is 20.8 Å². The van der Waals surface area contributed by atoms with E-state index >= 15 is 0 Å². The van der Waals surface area contributed by atoms with Crippen LogP contribution in [0, 0.1) is 5.82 Å². The number of carboxylic acids is 1. The summed E-state index contributed by atoms with van der Waals surface area (Å²) in [4.78, 5) is 9.00. The maximum absolute atomic E-state index is 12.7. The van der Waals surface area contributed by atoms with Gasteiger partial charge in [-0.2, -0.15) is 0 Å². The third-order valence-corrected chi connectivity index (χ3v) is 2.18. The summed E-state index contributed by atoms with van der Waals surface area (Å²) in [5.41, 5.74) is 0.217. The number of carbonyl (C=O) groups is 1. The number of hydrogen-bond donors (Lipinski definition) is 4. The second-order valence-corrected chi connectivity index (χ2v) is 5.37. The zero-order chi connectivity index (χ0) is 15.9. The van der Waals surface area contributed by atoms with Crippen LogP contribution in [0.1, 0.15) is 39.4 Å². The van der Waals surface area contributed by atoms with Crippen molar-refractivity contribution >= 4 is 5.97 Å². The van der Waals surface area contributed by atoms with Crippen LogP contribution in [-0.2, 0) is 4.79 Å². The fraction of sp³-hybridized carbons (Fsp3) is 0.500. The summed E-state index contributed by atoms with van der Waals surface area (Å²) in [5, 5.41) is 29.8. The molecular weight excluding hydrogens is 265 g/mol. The smallest absolute Gasteiger partial charge is 0.300 e. The monoisotopic (exact) mass is 287 g/mol. The van der Waals surface area contributed by atoms with Crippen molar-refractivity contribution in [1.29, 1.82) is 0 Å². The summed E-state index contributed by atoms with van der Waals surface area (Å²) >= 11 is 0. The number of nitrogens with one attached hydrogen (secondary N) is 1. The van der Waals surface area contributed by atoms with Gasteiger partial charge < -0.3 is 20.6 Å². The second-order valence-electron chi connectivity index (χ2n) is 5.37. The Morgan fingerprint density at radius 2 is 1.90 bits per heavy atom. The second kappa shape index (κ2) is 7.81. The summed E-state index contributed by atoms with van der Waals surface area (Å²) < 4.78 is 12.7. The molecule has 1 atom stereocenters. The molecule has 0 saturated carbocycles. The van der Waals surface area contributed by atoms with Crippen LogP contribution < -0.4 is 5.32 Å². The Morgan fingerprint density at radius 3 is 2.30 bits per heavy atom. The van der Waals surface area contributed by atoms with Crippen LogP contribution in [0.5, 0.6) is 5.75 Å². The van der Waals surface area contributed by atoms with Crippen molar-refractivity contribution in [3.8, 4) is 5.75 Å². The first-order valence-corrected chi connectivity index (χ1v) is 6.14. The highest BCUT2D eigenvalue weighted by atomic mass is 19.1. The van der Waals surface area contributed by atoms with Gasteiger partial charge in [0.1, 0.15) is 11.6 Å². The molecule has 5 nitrogen and oxygen atoms in total. The van der Waals surface area contributed by atoms with Crippen molar-refractivity contribution in [1.82, 2.24) is 5.32 Å². The van der Waals surface area contributed by atoms with Crippen LogP contribution in [0.3, 0.4) is 0 Å². The first-order chi connectivity index (χ1) is 9.03. The summed E-state index contributed by atoms with van der Waals surface area (Å²) in [6, 6.07) is 3.60. The zero-order valence-corrected chi connectivity index (χ0v) is 12.1. The fourth-order valence-corrected chi connectivity index (χ4v) is 1.31. The van der Waals surface area contributed by atoms with E-state index < -0.39 is 17.9 Å². The molecule has 1 rings (SSSR count). The Bertz CT molecular complexity index is 439. The van der Waals surface area contributed by atoms with Crippen molar-refractivity contribution in [2.24, 2.45) is 0 Å². The standard InChI is InChI=1S/C12H18FNO2.C2H4O2/c1-12(2,3)14-7-11(16)9-5-4-8(13)6-10(9)15;1-2(3)4/h4-6,11,14-16H,7H2,1-3H3;1H3,(H,3,4)/t11-;/m0./s1. The summed E-state index contributed by atoms with van der Waals surface area (Å²) in [5.74, 6) is -1.57. The average molecular weight is 287 g/mol. The molecule has 0 radical (unpaired) electrons. The first kappa shape index (κ1) is 18.3. The number of halogens is 1. The lowest BCUT2D eigenvalue weighted by atomic mass is 10.1. The molecule has 4 N–H and O–H groups in total. The Hall–Kier alpha value is -1.66. The molecule has 0 aliphatic heterocycles. The summed E-state index contributed by atoms with van der Waals surface area (Å²) in [6.07, 6.45) is -0.847. The number of β-amino-alcohol motifs (C(OH)–C–C–N with tert-alkyl or cyclic N) is 1. The van der Waals surface area contributed by atoms with Gasteiger partial charge in [0.15, 0.2) is 0 Å². The molecule has 0 amide bonds. The van der Waals surface area contributed by atoms with E-state index in [9.17, 15) is 14.6 Å². The number of aliphatic hydroxyl groups excluding tert-OH is 1. The van der Waals surface area contributed by atoms with Crippen molar-refractivity contribution in [2.75, 3.05) is 6.54 Å². The number of carboxylic acid groups (broad SMARTS) is 1. The number of aromatic hydroxyl groups is 1. The molecule has 0 saturated heterocycles. The molecule has 114 valence electrons. The minimum atomic E-state index is -0.847. The minimum absolute atomic E-state index is 0.114. The van der Waals surface area contributed by atoms with Crippen LogP contribution in [0.4, 0.5) is 4.39 Å². The third kappa shape index (κ3) is 8.44. The van der Waals surface area contributed by atoms with Gasteiger partial charge in [-0.15, -0.1) is 0 Å². The molecule has 0 aromatic heterocycles. The summed E-state index contributed by atoms with van der Waals surface area (Å²) in [7, 11) is 0. The van der Waals surface area contributed by atoms with Gasteiger partial charge in [0.25, 0.3) is 5.97 Å². The Labute approximate surface area is 118 Å². The molecule has 0 unspecified atom stereocenters. The van der Waals surface area contributed by atoms with Crippen LogP contribution in [-0.4, -0.2) is 33.4 Å². The first-order valence-electron chi connectivity index (χ1n) is 6.14. The minimum Gasteiger partial charge on any atom is -0.507 e. The molecular formula is C14H22FNO4. The van der Waals surface area contributed by atoms with E-state index in [4.69, 9.17) is 9.90 Å². The highest BCUT2D eigenvalue weighted by molar-refractivity contribution is 5.62. The van der Waals surface area contributed by atoms with Gasteiger partial charge in [0, 0.05) is 30.6 Å². The number of rotatable bonds is 3. The van der Waals surface area contributed by atoms with Crippen LogP contribution in [0.2, 0.25) is 0 Å². The maximum atomic E-state index is 12.7. The predicted octanol–water partition coefficient (Wildman–Crippen LogP) is 2.04. The number of aliphatic carboxylic acids is 1. The molecule has 0 spiro atoms. The molecule has 6 heteroatoms. The third-order valence-electron chi connectivity index (χ3n) is 2.18. The van der Waals surface area contributed by atoms with E-state index in [1.54, 1.807) is 0 Å². The van der Waals surface area contributed by atoms with Gasteiger partial charge in [-0.3, -0.25) is 4.79 Å². The largest absolute Gasteiger partial charge is 0.507 e. The van der Waals surface area contributed by atoms with Gasteiger partial charge in [0.2, 0.25) is 0 Å². The van der Waals surface area contributed by atoms with Gasteiger partial charge in [-0.1, -0.05) is 0 Å². The maximum Gasteiger partial charge on any atom is 0.300 e. The number of benzene rings is 1. The Kier molecular flexibility index (Phi) is 7.17. The zero-order valence-electron chi connectivity index (χ0n) is 12.1. The quantitative estimate of drug-likeness (QED) is 0.683. The molecule has 1 aromatic carbocycles. The van der Waals surface area contributed by atoms with Crippen molar-refractivity contribution in [2.45, 2.75) is 39.3 Å². The lowest BCUT2D eigenvalue weighted by Gasteiger charge is -2.23. The van der Waals surface area contributed by atoms with E-state index in [0.29, 0.717) is 12.1 Å². The molecule has 0 bridgehead atoms. The van der Waals surface area contributed by atoms with Crippen LogP contribution in [0.25, 0.3) is 0 Å². The normalized spacial score (nSPS) is 12.3. The molecule has 0 heterocycles. The lowest BCUT2D eigenvalue weighted by molar-refractivity contribution is -0.134. The van der Waals surface area contributed by atoms with Crippen molar-refractivity contribution in [3.05, 3.63) is 29.6 Å². The van der Waals surface area contributed by atoms with Gasteiger partial charge >= 0.3 is 0 Å². The van der Waals surface area contributed by atoms with Crippen molar-refractivity contribution in [3.63, 3.8) is 0 Å². The van der Waals surface area contributed by atoms with Gasteiger partial charge in [0.05, 0.1) is 6.10 Å². The molecule has 1 aromatic rings. The van der Waals surface area contributed by atoms with E-state index in [0.717, 1.165) is 13.0 Å². The Morgan fingerprint density at radius 1 is 1.40 bits per heavy atom. The average Bonchev–Trinajstić information content (AvgIpc) is 2.24. The highest BCUT2D eigenvalue weighted by Gasteiger charge is 2.16. The van der Waals surface area contributed by atoms with Crippen LogP contribution in [0.15, 0.2) is 18.2 Å². The fourth-order valence-electron chi connectivity index (χ4n) is 1.31. The highest BCUT2D eigenvalue weighted by Crippen LogP contribution is 2.24. The lowest BCUT2D eigenvalue weighted by Crippen LogP contribution is -2.38. The summed E-state index contributed by atoms with van der Waals surface area (Å²) in [6.45, 7) is 7.32. The molecule has 0 fully saturated rings. The van der Waals surface area contributed by atoms with Gasteiger partial charge in [-0.25, -0.2) is 4.39 Å². The predicted molar refractivity (Wildman–Crippen MR) is 74.1 cm³/mol. The van der Waals surface area contributed by atoms with Crippen LogP contribution >= 0.6 is 0 Å². The molecule has 20 heavy (non-hydrogen) atoms. The van der Waals surface area contributed by atoms with Gasteiger partial charge in [-0.05, 0) is 32.9 Å². The number of hydrogen-bond acceptors (Lipinski definition) is 4. The van der Waals surface area contributed by atoms with E-state index in [2.05, 4.69) is 5.32 Å². The Balaban J connectivity index is 0.000000796. The van der Waals surface area contributed by atoms with E-state index in [-0.39, 0.29) is 11.3 Å².